The number of carbonyl (C=O) groups is 3. The Bertz CT molecular complexity index is 557. The second-order valence-electron chi connectivity index (χ2n) is 3.79. The van der Waals surface area contributed by atoms with Gasteiger partial charge in [-0.25, -0.2) is 4.79 Å². The summed E-state index contributed by atoms with van der Waals surface area (Å²) in [4.78, 5) is 38.0. The van der Waals surface area contributed by atoms with Gasteiger partial charge in [-0.3, -0.25) is 14.9 Å². The first-order chi connectivity index (χ1) is 9.06. The van der Waals surface area contributed by atoms with E-state index in [-0.39, 0.29) is 16.3 Å². The number of imide groups is 1. The van der Waals surface area contributed by atoms with Gasteiger partial charge < -0.3 is 5.32 Å². The molecule has 6 nitrogen and oxygen atoms in total. The monoisotopic (exact) mass is 277 g/mol. The van der Waals surface area contributed by atoms with Crippen molar-refractivity contribution in [1.29, 1.82) is 0 Å². The van der Waals surface area contributed by atoms with Crippen molar-refractivity contribution in [3.8, 4) is 0 Å². The normalized spacial score (nSPS) is 20.2. The van der Waals surface area contributed by atoms with E-state index in [0.717, 1.165) is 11.8 Å². The Kier molecular flexibility index (Phi) is 3.96. The molecule has 1 aliphatic heterocycles. The third kappa shape index (κ3) is 3.41. The average Bonchev–Trinajstić information content (AvgIpc) is 2.69. The smallest absolute Gasteiger partial charge is 0.304 e. The summed E-state index contributed by atoms with van der Waals surface area (Å²) in [6, 6.07) is 7.53. The molecule has 0 radical (unpaired) electrons. The quantitative estimate of drug-likeness (QED) is 0.806. The molecule has 0 aliphatic carbocycles. The maximum atomic E-state index is 11.7. The lowest BCUT2D eigenvalue weighted by Gasteiger charge is -2.00. The van der Waals surface area contributed by atoms with E-state index in [4.69, 9.17) is 0 Å². The van der Waals surface area contributed by atoms with Gasteiger partial charge in [-0.2, -0.15) is 4.99 Å². The van der Waals surface area contributed by atoms with E-state index >= 15 is 0 Å². The van der Waals surface area contributed by atoms with Gasteiger partial charge in [0.1, 0.15) is 0 Å². The standard InChI is InChI=1S/C12H11N3O3S/c1-7-9(16)14-12(19-7)15-11(18)13-10(17)8-5-3-2-4-6-8/h2-7H,1H3,(H2,13,14,15,16,17,18). The molecule has 1 saturated heterocycles. The van der Waals surface area contributed by atoms with Gasteiger partial charge in [0.25, 0.3) is 5.91 Å². The summed E-state index contributed by atoms with van der Waals surface area (Å²) < 4.78 is 0. The highest BCUT2D eigenvalue weighted by molar-refractivity contribution is 8.15. The number of nitrogens with one attached hydrogen (secondary N) is 2. The summed E-state index contributed by atoms with van der Waals surface area (Å²) in [5.41, 5.74) is 0.368. The third-order valence-corrected chi connectivity index (χ3v) is 3.33. The largest absolute Gasteiger partial charge is 0.350 e. The van der Waals surface area contributed by atoms with Gasteiger partial charge in [0.05, 0.1) is 5.25 Å². The molecule has 0 saturated carbocycles. The van der Waals surface area contributed by atoms with Crippen LogP contribution in [0.3, 0.4) is 0 Å². The molecule has 0 spiro atoms. The summed E-state index contributed by atoms with van der Waals surface area (Å²) in [5, 5.41) is 4.50. The first-order valence-electron chi connectivity index (χ1n) is 5.53. The number of amidine groups is 1. The van der Waals surface area contributed by atoms with E-state index in [1.165, 1.54) is 0 Å². The zero-order valence-corrected chi connectivity index (χ0v) is 10.9. The number of amides is 4. The predicted molar refractivity (Wildman–Crippen MR) is 71.9 cm³/mol. The molecule has 1 atom stereocenters. The first-order valence-corrected chi connectivity index (χ1v) is 6.41. The summed E-state index contributed by atoms with van der Waals surface area (Å²) in [7, 11) is 0. The van der Waals surface area contributed by atoms with E-state index in [9.17, 15) is 14.4 Å². The first kappa shape index (κ1) is 13.3. The maximum Gasteiger partial charge on any atom is 0.350 e. The summed E-state index contributed by atoms with van der Waals surface area (Å²) in [5.74, 6) is -0.733. The van der Waals surface area contributed by atoms with E-state index in [1.54, 1.807) is 37.3 Å². The molecule has 98 valence electrons. The Labute approximate surface area is 113 Å². The fourth-order valence-corrected chi connectivity index (χ4v) is 2.19. The van der Waals surface area contributed by atoms with Crippen molar-refractivity contribution in [2.75, 3.05) is 0 Å². The van der Waals surface area contributed by atoms with Crippen LogP contribution >= 0.6 is 11.8 Å². The van der Waals surface area contributed by atoms with Crippen molar-refractivity contribution in [1.82, 2.24) is 10.6 Å². The highest BCUT2D eigenvalue weighted by atomic mass is 32.2. The second kappa shape index (κ2) is 5.66. The van der Waals surface area contributed by atoms with E-state index < -0.39 is 11.9 Å². The van der Waals surface area contributed by atoms with Crippen molar-refractivity contribution in [3.05, 3.63) is 35.9 Å². The molecule has 1 fully saturated rings. The molecule has 19 heavy (non-hydrogen) atoms. The minimum absolute atomic E-state index is 0.203. The van der Waals surface area contributed by atoms with E-state index in [0.29, 0.717) is 5.56 Å². The minimum Gasteiger partial charge on any atom is -0.304 e. The van der Waals surface area contributed by atoms with Crippen LogP contribution < -0.4 is 10.6 Å². The molecule has 0 aromatic heterocycles. The van der Waals surface area contributed by atoms with Crippen LogP contribution in [-0.2, 0) is 4.79 Å². The molecule has 0 bridgehead atoms. The molecule has 1 aliphatic rings. The summed E-state index contributed by atoms with van der Waals surface area (Å²) in [6.07, 6.45) is 0. The lowest BCUT2D eigenvalue weighted by molar-refractivity contribution is -0.118. The van der Waals surface area contributed by atoms with Crippen LogP contribution in [0.4, 0.5) is 4.79 Å². The highest BCUT2D eigenvalue weighted by Crippen LogP contribution is 2.18. The van der Waals surface area contributed by atoms with Gasteiger partial charge >= 0.3 is 6.03 Å². The van der Waals surface area contributed by atoms with E-state index in [2.05, 4.69) is 15.6 Å². The predicted octanol–water partition coefficient (Wildman–Crippen LogP) is 1.14. The number of hydrogen-bond acceptors (Lipinski definition) is 4. The van der Waals surface area contributed by atoms with Gasteiger partial charge in [-0.05, 0) is 19.1 Å². The van der Waals surface area contributed by atoms with Gasteiger partial charge in [0.2, 0.25) is 5.91 Å². The summed E-state index contributed by atoms with van der Waals surface area (Å²) in [6.45, 7) is 1.70. The molecule has 2 N–H and O–H groups in total. The third-order valence-electron chi connectivity index (χ3n) is 2.35. The number of nitrogens with zero attached hydrogens (tertiary/aromatic N) is 1. The van der Waals surface area contributed by atoms with Gasteiger partial charge in [0.15, 0.2) is 5.17 Å². The fourth-order valence-electron chi connectivity index (χ4n) is 1.39. The van der Waals surface area contributed by atoms with Crippen LogP contribution in [0.1, 0.15) is 17.3 Å². The Morgan fingerprint density at radius 3 is 2.58 bits per heavy atom. The molecule has 7 heteroatoms. The Balaban J connectivity index is 1.97. The minimum atomic E-state index is -0.800. The van der Waals surface area contributed by atoms with Crippen molar-refractivity contribution >= 4 is 34.8 Å². The molecular formula is C12H11N3O3S. The van der Waals surface area contributed by atoms with Crippen LogP contribution in [0, 0.1) is 0 Å². The molecular weight excluding hydrogens is 266 g/mol. The van der Waals surface area contributed by atoms with E-state index in [1.807, 2.05) is 0 Å². The zero-order chi connectivity index (χ0) is 13.8. The van der Waals surface area contributed by atoms with Crippen LogP contribution in [0.15, 0.2) is 35.3 Å². The van der Waals surface area contributed by atoms with Gasteiger partial charge in [-0.1, -0.05) is 30.0 Å². The molecule has 4 amide bonds. The van der Waals surface area contributed by atoms with Crippen LogP contribution in [0.2, 0.25) is 0 Å². The molecule has 2 rings (SSSR count). The van der Waals surface area contributed by atoms with Crippen LogP contribution in [0.25, 0.3) is 0 Å². The van der Waals surface area contributed by atoms with Gasteiger partial charge in [-0.15, -0.1) is 0 Å². The Morgan fingerprint density at radius 1 is 1.32 bits per heavy atom. The lowest BCUT2D eigenvalue weighted by Crippen LogP contribution is -2.30. The Hall–Kier alpha value is -2.15. The number of urea groups is 1. The van der Waals surface area contributed by atoms with Crippen LogP contribution in [0.5, 0.6) is 0 Å². The van der Waals surface area contributed by atoms with Crippen molar-refractivity contribution < 1.29 is 14.4 Å². The van der Waals surface area contributed by atoms with Crippen molar-refractivity contribution in [2.45, 2.75) is 12.2 Å². The van der Waals surface area contributed by atoms with Crippen molar-refractivity contribution in [3.63, 3.8) is 0 Å². The number of aliphatic imine (C=N–C) groups is 1. The maximum absolute atomic E-state index is 11.7. The van der Waals surface area contributed by atoms with Crippen molar-refractivity contribution in [2.24, 2.45) is 4.99 Å². The van der Waals surface area contributed by atoms with Crippen LogP contribution in [-0.4, -0.2) is 28.3 Å². The highest BCUT2D eigenvalue weighted by Gasteiger charge is 2.26. The molecule has 1 unspecified atom stereocenters. The number of hydrogen-bond donors (Lipinski definition) is 2. The SMILES string of the molecule is CC1S/C(=N\C(=O)NC(=O)c2ccccc2)NC1=O. The lowest BCUT2D eigenvalue weighted by atomic mass is 10.2. The number of carbonyl (C=O) groups excluding carboxylic acids is 3. The number of thioether (sulfide) groups is 1. The van der Waals surface area contributed by atoms with Gasteiger partial charge in [0, 0.05) is 5.56 Å². The fraction of sp³-hybridized carbons (Fsp3) is 0.167. The topological polar surface area (TPSA) is 87.6 Å². The zero-order valence-electron chi connectivity index (χ0n) is 10.0. The molecule has 1 aromatic carbocycles. The number of benzene rings is 1. The molecule has 1 heterocycles. The Morgan fingerprint density at radius 2 is 2.00 bits per heavy atom. The second-order valence-corrected chi connectivity index (χ2v) is 5.12. The molecule has 1 aromatic rings. The number of rotatable bonds is 1. The average molecular weight is 277 g/mol. The summed E-state index contributed by atoms with van der Waals surface area (Å²) >= 11 is 1.14.